The Kier molecular flexibility index (Phi) is 5.43. The van der Waals surface area contributed by atoms with Crippen molar-refractivity contribution >= 4 is 27.9 Å². The largest absolute Gasteiger partial charge is 0.397 e. The zero-order valence-corrected chi connectivity index (χ0v) is 12.3. The first-order valence-corrected chi connectivity index (χ1v) is 6.73. The standard InChI is InChI=1S/C12H22N4OS/c1-15(2)7-5-6-14-10-8-9(13)11(18-10)12(17)16(3)4/h8,14H,5-7,13H2,1-4H3. The summed E-state index contributed by atoms with van der Waals surface area (Å²) in [5, 5.41) is 4.25. The second kappa shape index (κ2) is 6.61. The number of hydrogen-bond acceptors (Lipinski definition) is 5. The summed E-state index contributed by atoms with van der Waals surface area (Å²) >= 11 is 1.41. The fraction of sp³-hybridized carbons (Fsp3) is 0.583. The molecule has 0 saturated heterocycles. The maximum Gasteiger partial charge on any atom is 0.265 e. The van der Waals surface area contributed by atoms with E-state index in [-0.39, 0.29) is 5.91 Å². The predicted molar refractivity (Wildman–Crippen MR) is 78.4 cm³/mol. The van der Waals surface area contributed by atoms with Crippen LogP contribution in [0, 0.1) is 0 Å². The summed E-state index contributed by atoms with van der Waals surface area (Å²) in [5.41, 5.74) is 6.40. The summed E-state index contributed by atoms with van der Waals surface area (Å²) < 4.78 is 0. The number of nitrogens with zero attached hydrogens (tertiary/aromatic N) is 2. The smallest absolute Gasteiger partial charge is 0.265 e. The van der Waals surface area contributed by atoms with Gasteiger partial charge in [0.1, 0.15) is 4.88 Å². The van der Waals surface area contributed by atoms with Gasteiger partial charge in [-0.05, 0) is 33.1 Å². The van der Waals surface area contributed by atoms with Crippen LogP contribution in [0.3, 0.4) is 0 Å². The van der Waals surface area contributed by atoms with Gasteiger partial charge in [-0.1, -0.05) is 0 Å². The lowest BCUT2D eigenvalue weighted by molar-refractivity contribution is 0.0833. The zero-order valence-electron chi connectivity index (χ0n) is 11.5. The quantitative estimate of drug-likeness (QED) is 0.767. The van der Waals surface area contributed by atoms with Crippen LogP contribution in [0.2, 0.25) is 0 Å². The van der Waals surface area contributed by atoms with Gasteiger partial charge >= 0.3 is 0 Å². The lowest BCUT2D eigenvalue weighted by atomic mass is 10.3. The minimum Gasteiger partial charge on any atom is -0.397 e. The van der Waals surface area contributed by atoms with E-state index < -0.39 is 0 Å². The molecule has 0 unspecified atom stereocenters. The summed E-state index contributed by atoms with van der Waals surface area (Å²) in [5.74, 6) is -0.0427. The maximum absolute atomic E-state index is 11.8. The van der Waals surface area contributed by atoms with E-state index in [9.17, 15) is 4.79 Å². The fourth-order valence-corrected chi connectivity index (χ4v) is 2.50. The lowest BCUT2D eigenvalue weighted by Crippen LogP contribution is -2.21. The van der Waals surface area contributed by atoms with Crippen molar-refractivity contribution in [2.24, 2.45) is 0 Å². The van der Waals surface area contributed by atoms with Crippen molar-refractivity contribution in [1.82, 2.24) is 9.80 Å². The third-order valence-corrected chi connectivity index (χ3v) is 3.54. The van der Waals surface area contributed by atoms with Crippen LogP contribution >= 0.6 is 11.3 Å². The molecular formula is C12H22N4OS. The first-order valence-electron chi connectivity index (χ1n) is 5.91. The van der Waals surface area contributed by atoms with Crippen LogP contribution in [0.5, 0.6) is 0 Å². The molecule has 102 valence electrons. The van der Waals surface area contributed by atoms with Crippen molar-refractivity contribution in [3.63, 3.8) is 0 Å². The van der Waals surface area contributed by atoms with Crippen LogP contribution in [0.25, 0.3) is 0 Å². The van der Waals surface area contributed by atoms with Crippen molar-refractivity contribution in [1.29, 1.82) is 0 Å². The van der Waals surface area contributed by atoms with Gasteiger partial charge in [0.25, 0.3) is 5.91 Å². The number of amides is 1. The van der Waals surface area contributed by atoms with E-state index in [0.29, 0.717) is 10.6 Å². The summed E-state index contributed by atoms with van der Waals surface area (Å²) in [6, 6.07) is 1.83. The number of carbonyl (C=O) groups excluding carboxylic acids is 1. The van der Waals surface area contributed by atoms with E-state index in [0.717, 1.165) is 24.5 Å². The van der Waals surface area contributed by atoms with Gasteiger partial charge in [0.2, 0.25) is 0 Å². The van der Waals surface area contributed by atoms with Gasteiger partial charge in [0.15, 0.2) is 0 Å². The SMILES string of the molecule is CN(C)CCCNc1cc(N)c(C(=O)N(C)C)s1. The zero-order chi connectivity index (χ0) is 13.7. The van der Waals surface area contributed by atoms with Gasteiger partial charge in [-0.2, -0.15) is 0 Å². The average Bonchev–Trinajstić information content (AvgIpc) is 2.64. The number of hydrogen-bond donors (Lipinski definition) is 2. The molecule has 0 aliphatic rings. The van der Waals surface area contributed by atoms with E-state index in [2.05, 4.69) is 24.3 Å². The minimum atomic E-state index is -0.0427. The molecule has 1 heterocycles. The number of carbonyl (C=O) groups is 1. The molecule has 18 heavy (non-hydrogen) atoms. The predicted octanol–water partition coefficient (Wildman–Crippen LogP) is 1.40. The highest BCUT2D eigenvalue weighted by Gasteiger charge is 2.15. The van der Waals surface area contributed by atoms with Crippen LogP contribution in [-0.4, -0.2) is 57.0 Å². The van der Waals surface area contributed by atoms with Gasteiger partial charge in [0.05, 0.1) is 10.7 Å². The molecule has 1 aromatic heterocycles. The topological polar surface area (TPSA) is 61.6 Å². The number of nitrogens with one attached hydrogen (secondary N) is 1. The van der Waals surface area contributed by atoms with Gasteiger partial charge in [-0.3, -0.25) is 4.79 Å². The first kappa shape index (κ1) is 14.8. The average molecular weight is 270 g/mol. The van der Waals surface area contributed by atoms with Crippen molar-refractivity contribution in [2.75, 3.05) is 52.3 Å². The van der Waals surface area contributed by atoms with Crippen LogP contribution < -0.4 is 11.1 Å². The third-order valence-electron chi connectivity index (χ3n) is 2.44. The molecule has 1 aromatic rings. The van der Waals surface area contributed by atoms with Gasteiger partial charge in [-0.15, -0.1) is 11.3 Å². The Morgan fingerprint density at radius 2 is 2.06 bits per heavy atom. The number of thiophene rings is 1. The van der Waals surface area contributed by atoms with Gasteiger partial charge in [-0.25, -0.2) is 0 Å². The summed E-state index contributed by atoms with van der Waals surface area (Å²) in [6.45, 7) is 1.92. The van der Waals surface area contributed by atoms with Crippen LogP contribution in [-0.2, 0) is 0 Å². The molecular weight excluding hydrogens is 248 g/mol. The summed E-state index contributed by atoms with van der Waals surface area (Å²) in [4.78, 5) is 16.1. The molecule has 0 saturated carbocycles. The molecule has 0 bridgehead atoms. The maximum atomic E-state index is 11.8. The Bertz CT molecular complexity index is 401. The van der Waals surface area contributed by atoms with Crippen molar-refractivity contribution in [3.05, 3.63) is 10.9 Å². The van der Waals surface area contributed by atoms with Crippen molar-refractivity contribution in [3.8, 4) is 0 Å². The normalized spacial score (nSPS) is 10.7. The van der Waals surface area contributed by atoms with Crippen molar-refractivity contribution < 1.29 is 4.79 Å². The molecule has 0 fully saturated rings. The highest BCUT2D eigenvalue weighted by Crippen LogP contribution is 2.29. The molecule has 5 nitrogen and oxygen atoms in total. The molecule has 0 aromatic carbocycles. The molecule has 0 spiro atoms. The summed E-state index contributed by atoms with van der Waals surface area (Å²) in [7, 11) is 7.56. The molecule has 1 amide bonds. The van der Waals surface area contributed by atoms with Gasteiger partial charge in [0, 0.05) is 20.6 Å². The number of anilines is 2. The first-order chi connectivity index (χ1) is 8.41. The van der Waals surface area contributed by atoms with Crippen LogP contribution in [0.15, 0.2) is 6.07 Å². The molecule has 0 aliphatic heterocycles. The highest BCUT2D eigenvalue weighted by molar-refractivity contribution is 7.18. The Balaban J connectivity index is 2.54. The van der Waals surface area contributed by atoms with E-state index in [1.54, 1.807) is 14.1 Å². The van der Waals surface area contributed by atoms with Crippen LogP contribution in [0.1, 0.15) is 16.1 Å². The third kappa shape index (κ3) is 4.19. The number of nitrogens with two attached hydrogens (primary N) is 1. The van der Waals surface area contributed by atoms with Gasteiger partial charge < -0.3 is 20.9 Å². The van der Waals surface area contributed by atoms with E-state index >= 15 is 0 Å². The number of rotatable bonds is 6. The van der Waals surface area contributed by atoms with E-state index in [1.807, 2.05) is 6.07 Å². The van der Waals surface area contributed by atoms with E-state index in [1.165, 1.54) is 16.2 Å². The minimum absolute atomic E-state index is 0.0427. The summed E-state index contributed by atoms with van der Waals surface area (Å²) in [6.07, 6.45) is 1.06. The monoisotopic (exact) mass is 270 g/mol. The number of nitrogen functional groups attached to an aromatic ring is 1. The Hall–Kier alpha value is -1.27. The Morgan fingerprint density at radius 1 is 1.39 bits per heavy atom. The highest BCUT2D eigenvalue weighted by atomic mass is 32.1. The Labute approximate surface area is 113 Å². The molecule has 1 rings (SSSR count). The molecule has 0 atom stereocenters. The van der Waals surface area contributed by atoms with Crippen molar-refractivity contribution in [2.45, 2.75) is 6.42 Å². The molecule has 0 aliphatic carbocycles. The molecule has 3 N–H and O–H groups in total. The second-order valence-electron chi connectivity index (χ2n) is 4.68. The molecule has 6 heteroatoms. The van der Waals surface area contributed by atoms with E-state index in [4.69, 9.17) is 5.73 Å². The lowest BCUT2D eigenvalue weighted by Gasteiger charge is -2.09. The second-order valence-corrected chi connectivity index (χ2v) is 5.73. The van der Waals surface area contributed by atoms with Crippen LogP contribution in [0.4, 0.5) is 10.7 Å². The fourth-order valence-electron chi connectivity index (χ4n) is 1.47. The molecule has 0 radical (unpaired) electrons. The Morgan fingerprint density at radius 3 is 2.61 bits per heavy atom.